The first-order chi connectivity index (χ1) is 8.80. The summed E-state index contributed by atoms with van der Waals surface area (Å²) >= 11 is 0. The minimum absolute atomic E-state index is 0.705. The topological polar surface area (TPSA) is 29.9 Å². The van der Waals surface area contributed by atoms with Crippen molar-refractivity contribution in [2.24, 2.45) is 0 Å². The first-order valence-electron chi connectivity index (χ1n) is 7.54. The molecule has 0 aromatic carbocycles. The molecule has 1 aromatic heterocycles. The van der Waals surface area contributed by atoms with E-state index in [4.69, 9.17) is 0 Å². The van der Waals surface area contributed by atoms with Crippen LogP contribution in [0.5, 0.6) is 0 Å². The minimum Gasteiger partial charge on any atom is -0.314 e. The summed E-state index contributed by atoms with van der Waals surface area (Å²) < 4.78 is 2.01. The molecule has 1 atom stereocenters. The Labute approximate surface area is 112 Å². The van der Waals surface area contributed by atoms with Crippen LogP contribution in [0.1, 0.15) is 58.4 Å². The highest BCUT2D eigenvalue weighted by Gasteiger charge is 2.06. The molecule has 0 aliphatic rings. The number of hydrogen-bond acceptors (Lipinski definition) is 2. The fourth-order valence-electron chi connectivity index (χ4n) is 2.31. The van der Waals surface area contributed by atoms with Crippen LogP contribution in [0.4, 0.5) is 0 Å². The number of nitrogens with zero attached hydrogens (tertiary/aromatic N) is 2. The molecule has 1 N–H and O–H groups in total. The van der Waals surface area contributed by atoms with Gasteiger partial charge in [-0.1, -0.05) is 20.3 Å². The Bertz CT molecular complexity index is 306. The molecule has 0 bridgehead atoms. The number of nitrogens with one attached hydrogen (secondary N) is 1. The summed E-state index contributed by atoms with van der Waals surface area (Å²) in [6.07, 6.45) is 11.7. The zero-order valence-electron chi connectivity index (χ0n) is 12.3. The monoisotopic (exact) mass is 251 g/mol. The molecule has 104 valence electrons. The summed E-state index contributed by atoms with van der Waals surface area (Å²) in [6.45, 7) is 8.75. The zero-order chi connectivity index (χ0) is 13.2. The van der Waals surface area contributed by atoms with Crippen molar-refractivity contribution in [3.8, 4) is 0 Å². The molecule has 3 heteroatoms. The third kappa shape index (κ3) is 5.67. The lowest BCUT2D eigenvalue weighted by atomic mass is 10.0. The smallest absolute Gasteiger partial charge is 0.0521 e. The highest BCUT2D eigenvalue weighted by molar-refractivity contribution is 5.03. The Balaban J connectivity index is 2.24. The third-order valence-electron chi connectivity index (χ3n) is 3.35. The van der Waals surface area contributed by atoms with E-state index in [1.54, 1.807) is 0 Å². The van der Waals surface area contributed by atoms with Crippen molar-refractivity contribution in [2.75, 3.05) is 6.54 Å². The molecule has 1 rings (SSSR count). The number of aryl methyl sites for hydroxylation is 2. The number of aromatic nitrogens is 2. The Hall–Kier alpha value is -0.830. The van der Waals surface area contributed by atoms with Crippen LogP contribution in [0.15, 0.2) is 12.4 Å². The molecule has 0 aliphatic carbocycles. The van der Waals surface area contributed by atoms with E-state index in [2.05, 4.69) is 37.4 Å². The second kappa shape index (κ2) is 9.15. The maximum atomic E-state index is 4.32. The lowest BCUT2D eigenvalue weighted by Crippen LogP contribution is -2.29. The van der Waals surface area contributed by atoms with E-state index in [1.165, 1.54) is 37.7 Å². The van der Waals surface area contributed by atoms with Crippen LogP contribution in [-0.2, 0) is 13.0 Å². The van der Waals surface area contributed by atoms with Crippen molar-refractivity contribution in [3.05, 3.63) is 18.0 Å². The van der Waals surface area contributed by atoms with Crippen LogP contribution < -0.4 is 5.32 Å². The predicted octanol–water partition coefficient (Wildman–Crippen LogP) is 3.39. The van der Waals surface area contributed by atoms with E-state index in [0.29, 0.717) is 6.04 Å². The van der Waals surface area contributed by atoms with E-state index < -0.39 is 0 Å². The first kappa shape index (κ1) is 15.2. The van der Waals surface area contributed by atoms with E-state index in [0.717, 1.165) is 19.5 Å². The molecule has 0 radical (unpaired) electrons. The number of hydrogen-bond donors (Lipinski definition) is 1. The van der Waals surface area contributed by atoms with Crippen LogP contribution in [0, 0.1) is 0 Å². The normalized spacial score (nSPS) is 12.8. The molecular formula is C15H29N3. The standard InChI is InChI=1S/C15H29N3/c1-4-8-15(16-11-5-2)10-7-9-14-12-17-18(6-3)13-14/h12-13,15-16H,4-11H2,1-3H3. The fourth-order valence-corrected chi connectivity index (χ4v) is 2.31. The summed E-state index contributed by atoms with van der Waals surface area (Å²) in [5, 5.41) is 7.97. The van der Waals surface area contributed by atoms with Gasteiger partial charge in [0, 0.05) is 18.8 Å². The summed E-state index contributed by atoms with van der Waals surface area (Å²) in [5.74, 6) is 0. The van der Waals surface area contributed by atoms with Crippen LogP contribution in [0.3, 0.4) is 0 Å². The van der Waals surface area contributed by atoms with Gasteiger partial charge < -0.3 is 5.32 Å². The van der Waals surface area contributed by atoms with Gasteiger partial charge in [-0.25, -0.2) is 0 Å². The summed E-state index contributed by atoms with van der Waals surface area (Å²) in [4.78, 5) is 0. The summed E-state index contributed by atoms with van der Waals surface area (Å²) in [5.41, 5.74) is 1.38. The van der Waals surface area contributed by atoms with Crippen molar-refractivity contribution in [3.63, 3.8) is 0 Å². The Kier molecular flexibility index (Phi) is 7.74. The van der Waals surface area contributed by atoms with Gasteiger partial charge in [0.1, 0.15) is 0 Å². The van der Waals surface area contributed by atoms with Crippen LogP contribution in [0.25, 0.3) is 0 Å². The Morgan fingerprint density at radius 3 is 2.67 bits per heavy atom. The van der Waals surface area contributed by atoms with Crippen LogP contribution in [-0.4, -0.2) is 22.4 Å². The lowest BCUT2D eigenvalue weighted by Gasteiger charge is -2.17. The Morgan fingerprint density at radius 2 is 2.06 bits per heavy atom. The fraction of sp³-hybridized carbons (Fsp3) is 0.800. The third-order valence-corrected chi connectivity index (χ3v) is 3.35. The second-order valence-corrected chi connectivity index (χ2v) is 5.04. The largest absolute Gasteiger partial charge is 0.314 e. The average molecular weight is 251 g/mol. The molecule has 18 heavy (non-hydrogen) atoms. The van der Waals surface area contributed by atoms with Gasteiger partial charge in [-0.2, -0.15) is 5.10 Å². The van der Waals surface area contributed by atoms with Gasteiger partial charge in [0.05, 0.1) is 6.20 Å². The average Bonchev–Trinajstić information content (AvgIpc) is 2.84. The van der Waals surface area contributed by atoms with E-state index in [9.17, 15) is 0 Å². The SMILES string of the molecule is CCCNC(CCC)CCCc1cnn(CC)c1. The molecule has 0 fully saturated rings. The predicted molar refractivity (Wildman–Crippen MR) is 77.8 cm³/mol. The highest BCUT2D eigenvalue weighted by atomic mass is 15.3. The van der Waals surface area contributed by atoms with E-state index >= 15 is 0 Å². The van der Waals surface area contributed by atoms with E-state index in [-0.39, 0.29) is 0 Å². The number of rotatable bonds is 10. The first-order valence-corrected chi connectivity index (χ1v) is 7.54. The molecule has 1 unspecified atom stereocenters. The van der Waals surface area contributed by atoms with Crippen molar-refractivity contribution in [1.82, 2.24) is 15.1 Å². The molecule has 1 heterocycles. The maximum absolute atomic E-state index is 4.32. The molecule has 0 amide bonds. The molecule has 1 aromatic rings. The highest BCUT2D eigenvalue weighted by Crippen LogP contribution is 2.09. The van der Waals surface area contributed by atoms with Crippen molar-refractivity contribution in [1.29, 1.82) is 0 Å². The van der Waals surface area contributed by atoms with Gasteiger partial charge in [-0.15, -0.1) is 0 Å². The van der Waals surface area contributed by atoms with Gasteiger partial charge in [-0.3, -0.25) is 4.68 Å². The van der Waals surface area contributed by atoms with Crippen LogP contribution in [0.2, 0.25) is 0 Å². The van der Waals surface area contributed by atoms with Gasteiger partial charge in [0.25, 0.3) is 0 Å². The molecule has 0 saturated heterocycles. The minimum atomic E-state index is 0.705. The maximum Gasteiger partial charge on any atom is 0.0521 e. The molecule has 3 nitrogen and oxygen atoms in total. The van der Waals surface area contributed by atoms with Gasteiger partial charge in [-0.05, 0) is 51.1 Å². The Morgan fingerprint density at radius 1 is 1.22 bits per heavy atom. The van der Waals surface area contributed by atoms with Gasteiger partial charge in [0.2, 0.25) is 0 Å². The molecule has 0 saturated carbocycles. The van der Waals surface area contributed by atoms with Crippen molar-refractivity contribution >= 4 is 0 Å². The van der Waals surface area contributed by atoms with Gasteiger partial charge >= 0.3 is 0 Å². The quantitative estimate of drug-likeness (QED) is 0.691. The summed E-state index contributed by atoms with van der Waals surface area (Å²) in [7, 11) is 0. The van der Waals surface area contributed by atoms with Crippen molar-refractivity contribution < 1.29 is 0 Å². The second-order valence-electron chi connectivity index (χ2n) is 5.04. The van der Waals surface area contributed by atoms with Crippen molar-refractivity contribution in [2.45, 2.75) is 71.9 Å². The summed E-state index contributed by atoms with van der Waals surface area (Å²) in [6, 6.07) is 0.705. The zero-order valence-corrected chi connectivity index (χ0v) is 12.3. The molecule has 0 spiro atoms. The van der Waals surface area contributed by atoms with Crippen LogP contribution >= 0.6 is 0 Å². The van der Waals surface area contributed by atoms with Gasteiger partial charge in [0.15, 0.2) is 0 Å². The van der Waals surface area contributed by atoms with E-state index in [1.807, 2.05) is 10.9 Å². The lowest BCUT2D eigenvalue weighted by molar-refractivity contribution is 0.438. The molecule has 0 aliphatic heterocycles. The molecular weight excluding hydrogens is 222 g/mol.